The second-order valence-electron chi connectivity index (χ2n) is 7.42. The second-order valence-corrected chi connectivity index (χ2v) is 7.42. The van der Waals surface area contributed by atoms with Crippen LogP contribution in [0.2, 0.25) is 0 Å². The zero-order valence-electron chi connectivity index (χ0n) is 13.7. The van der Waals surface area contributed by atoms with Crippen molar-refractivity contribution < 1.29 is 24.7 Å². The first-order valence-electron chi connectivity index (χ1n) is 8.29. The first kappa shape index (κ1) is 17.2. The fourth-order valence-corrected chi connectivity index (χ4v) is 2.81. The molecular formula is C16H30O5. The van der Waals surface area contributed by atoms with Crippen LogP contribution in [-0.2, 0) is 19.6 Å². The van der Waals surface area contributed by atoms with Crippen LogP contribution >= 0.6 is 0 Å². The minimum Gasteiger partial charge on any atom is -0.363 e. The van der Waals surface area contributed by atoms with Crippen molar-refractivity contribution >= 4 is 0 Å². The van der Waals surface area contributed by atoms with E-state index in [0.29, 0.717) is 12.8 Å². The molecule has 2 saturated carbocycles. The highest BCUT2D eigenvalue weighted by atomic mass is 17.3. The van der Waals surface area contributed by atoms with Crippen molar-refractivity contribution in [1.82, 2.24) is 0 Å². The lowest BCUT2D eigenvalue weighted by Gasteiger charge is -2.39. The molecule has 5 heteroatoms. The van der Waals surface area contributed by atoms with Gasteiger partial charge in [-0.15, -0.1) is 0 Å². The van der Waals surface area contributed by atoms with Crippen LogP contribution in [0.3, 0.4) is 0 Å². The van der Waals surface area contributed by atoms with Gasteiger partial charge in [0.2, 0.25) is 5.79 Å². The average molecular weight is 302 g/mol. The van der Waals surface area contributed by atoms with E-state index >= 15 is 0 Å². The second kappa shape index (κ2) is 6.92. The molecule has 2 aliphatic rings. The van der Waals surface area contributed by atoms with E-state index in [-0.39, 0.29) is 0 Å². The van der Waals surface area contributed by atoms with Gasteiger partial charge in [0.05, 0.1) is 5.60 Å². The third kappa shape index (κ3) is 5.49. The Hall–Kier alpha value is -0.200. The van der Waals surface area contributed by atoms with E-state index < -0.39 is 17.2 Å². The summed E-state index contributed by atoms with van der Waals surface area (Å²) in [6.45, 7) is 5.79. The zero-order chi connectivity index (χ0) is 15.4. The largest absolute Gasteiger partial charge is 0.363 e. The minimum absolute atomic E-state index is 0.407. The lowest BCUT2D eigenvalue weighted by atomic mass is 9.94. The molecule has 21 heavy (non-hydrogen) atoms. The van der Waals surface area contributed by atoms with E-state index in [1.165, 1.54) is 0 Å². The molecule has 2 fully saturated rings. The first-order valence-corrected chi connectivity index (χ1v) is 8.29. The van der Waals surface area contributed by atoms with Crippen LogP contribution in [0, 0.1) is 0 Å². The molecular weight excluding hydrogens is 272 g/mol. The molecule has 0 spiro atoms. The molecule has 124 valence electrons. The molecule has 2 rings (SSSR count). The summed E-state index contributed by atoms with van der Waals surface area (Å²) in [6.07, 6.45) is 8.92. The van der Waals surface area contributed by atoms with E-state index in [4.69, 9.17) is 19.6 Å². The number of rotatable bonds is 5. The van der Waals surface area contributed by atoms with Crippen molar-refractivity contribution in [2.24, 2.45) is 0 Å². The first-order chi connectivity index (χ1) is 9.83. The van der Waals surface area contributed by atoms with Crippen molar-refractivity contribution in [2.45, 2.75) is 102 Å². The van der Waals surface area contributed by atoms with Crippen LogP contribution in [0.25, 0.3) is 0 Å². The van der Waals surface area contributed by atoms with Crippen LogP contribution in [0.4, 0.5) is 0 Å². The Balaban J connectivity index is 1.92. The van der Waals surface area contributed by atoms with E-state index in [0.717, 1.165) is 51.4 Å². The van der Waals surface area contributed by atoms with Crippen molar-refractivity contribution in [1.29, 1.82) is 0 Å². The Morgan fingerprint density at radius 2 is 1.24 bits per heavy atom. The molecule has 0 aliphatic heterocycles. The molecule has 2 aliphatic carbocycles. The van der Waals surface area contributed by atoms with Gasteiger partial charge >= 0.3 is 0 Å². The van der Waals surface area contributed by atoms with E-state index in [1.807, 2.05) is 20.8 Å². The van der Waals surface area contributed by atoms with Gasteiger partial charge in [0.25, 0.3) is 0 Å². The van der Waals surface area contributed by atoms with Gasteiger partial charge in [-0.3, -0.25) is 0 Å². The molecule has 0 heterocycles. The zero-order valence-corrected chi connectivity index (χ0v) is 13.7. The number of aliphatic hydroxyl groups is 1. The molecule has 0 aromatic rings. The Bertz CT molecular complexity index is 311. The fourth-order valence-electron chi connectivity index (χ4n) is 2.81. The summed E-state index contributed by atoms with van der Waals surface area (Å²) in [7, 11) is 0. The summed E-state index contributed by atoms with van der Waals surface area (Å²) in [4.78, 5) is 22.1. The SMILES string of the molecule is CC(C)(C)OOC1(OOC2(O)CCCCC2)CCCCC1. The van der Waals surface area contributed by atoms with Crippen LogP contribution in [0.5, 0.6) is 0 Å². The number of hydrogen-bond acceptors (Lipinski definition) is 5. The monoisotopic (exact) mass is 302 g/mol. The van der Waals surface area contributed by atoms with Gasteiger partial charge in [-0.2, -0.15) is 14.7 Å². The van der Waals surface area contributed by atoms with E-state index in [9.17, 15) is 5.11 Å². The van der Waals surface area contributed by atoms with E-state index in [2.05, 4.69) is 0 Å². The van der Waals surface area contributed by atoms with Gasteiger partial charge in [-0.25, -0.2) is 4.89 Å². The molecule has 0 radical (unpaired) electrons. The summed E-state index contributed by atoms with van der Waals surface area (Å²) in [5.41, 5.74) is -0.407. The predicted molar refractivity (Wildman–Crippen MR) is 77.9 cm³/mol. The summed E-state index contributed by atoms with van der Waals surface area (Å²) in [5, 5.41) is 10.4. The molecule has 0 saturated heterocycles. The lowest BCUT2D eigenvalue weighted by molar-refractivity contribution is -0.565. The molecule has 0 bridgehead atoms. The summed E-state index contributed by atoms with van der Waals surface area (Å²) < 4.78 is 0. The summed E-state index contributed by atoms with van der Waals surface area (Å²) in [6, 6.07) is 0. The maximum absolute atomic E-state index is 10.4. The minimum atomic E-state index is -1.17. The Kier molecular flexibility index (Phi) is 5.65. The quantitative estimate of drug-likeness (QED) is 0.472. The standard InChI is InChI=1S/C16H30O5/c1-14(2,3)18-20-16(12-8-5-9-13-16)21-19-15(17)10-6-4-7-11-15/h17H,4-13H2,1-3H3. The topological polar surface area (TPSA) is 57.2 Å². The van der Waals surface area contributed by atoms with Gasteiger partial charge in [-0.05, 0) is 46.5 Å². The van der Waals surface area contributed by atoms with Gasteiger partial charge in [0, 0.05) is 25.7 Å². The van der Waals surface area contributed by atoms with Crippen LogP contribution in [0.1, 0.15) is 85.0 Å². The molecule has 0 aromatic carbocycles. The molecule has 0 aromatic heterocycles. The normalized spacial score (nSPS) is 25.7. The Labute approximate surface area is 127 Å². The third-order valence-electron chi connectivity index (χ3n) is 4.04. The molecule has 5 nitrogen and oxygen atoms in total. The fraction of sp³-hybridized carbons (Fsp3) is 1.00. The van der Waals surface area contributed by atoms with Crippen LogP contribution < -0.4 is 0 Å². The summed E-state index contributed by atoms with van der Waals surface area (Å²) in [5.74, 6) is -2.06. The predicted octanol–water partition coefficient (Wildman–Crippen LogP) is 3.99. The Morgan fingerprint density at radius 1 is 0.714 bits per heavy atom. The third-order valence-corrected chi connectivity index (χ3v) is 4.04. The van der Waals surface area contributed by atoms with Crippen molar-refractivity contribution in [2.75, 3.05) is 0 Å². The van der Waals surface area contributed by atoms with Crippen molar-refractivity contribution in [3.8, 4) is 0 Å². The average Bonchev–Trinajstić information content (AvgIpc) is 2.45. The highest BCUT2D eigenvalue weighted by molar-refractivity contribution is 4.75. The van der Waals surface area contributed by atoms with Crippen LogP contribution in [-0.4, -0.2) is 22.3 Å². The summed E-state index contributed by atoms with van der Waals surface area (Å²) >= 11 is 0. The molecule has 0 unspecified atom stereocenters. The Morgan fingerprint density at radius 3 is 1.76 bits per heavy atom. The van der Waals surface area contributed by atoms with Gasteiger partial charge in [0.15, 0.2) is 5.79 Å². The van der Waals surface area contributed by atoms with Gasteiger partial charge < -0.3 is 5.11 Å². The maximum atomic E-state index is 10.4. The lowest BCUT2D eigenvalue weighted by Crippen LogP contribution is -2.45. The number of hydrogen-bond donors (Lipinski definition) is 1. The molecule has 1 N–H and O–H groups in total. The van der Waals surface area contributed by atoms with E-state index in [1.54, 1.807) is 0 Å². The van der Waals surface area contributed by atoms with Crippen molar-refractivity contribution in [3.05, 3.63) is 0 Å². The highest BCUT2D eigenvalue weighted by Gasteiger charge is 2.42. The van der Waals surface area contributed by atoms with Crippen molar-refractivity contribution in [3.63, 3.8) is 0 Å². The van der Waals surface area contributed by atoms with Gasteiger partial charge in [0.1, 0.15) is 0 Å². The smallest absolute Gasteiger partial charge is 0.234 e. The molecule has 0 atom stereocenters. The molecule has 0 amide bonds. The highest BCUT2D eigenvalue weighted by Crippen LogP contribution is 2.37. The van der Waals surface area contributed by atoms with Crippen LogP contribution in [0.15, 0.2) is 0 Å². The van der Waals surface area contributed by atoms with Gasteiger partial charge in [-0.1, -0.05) is 12.8 Å². The maximum Gasteiger partial charge on any atom is 0.234 e.